The average Bonchev–Trinajstić information content (AvgIpc) is 2.14. The number of hydrogen-bond acceptors (Lipinski definition) is 2. The lowest BCUT2D eigenvalue weighted by Crippen LogP contribution is -2.44. The van der Waals surface area contributed by atoms with Gasteiger partial charge in [0.05, 0.1) is 0 Å². The van der Waals surface area contributed by atoms with Gasteiger partial charge in [0, 0.05) is 19.1 Å². The van der Waals surface area contributed by atoms with Gasteiger partial charge in [-0.15, -0.1) is 0 Å². The molecular formula is C11H24N2. The number of piperidine rings is 1. The molecule has 0 saturated carbocycles. The Morgan fingerprint density at radius 1 is 1.38 bits per heavy atom. The standard InChI is InChI=1S/C11H24N2/c1-3-10(4-2)8-13-7-5-6-11(12)9-13/h10-11H,3-9,12H2,1-2H3/t11-/m1/s1. The molecule has 2 heteroatoms. The van der Waals surface area contributed by atoms with Crippen molar-refractivity contribution in [3.8, 4) is 0 Å². The molecule has 13 heavy (non-hydrogen) atoms. The van der Waals surface area contributed by atoms with Gasteiger partial charge in [-0.3, -0.25) is 0 Å². The predicted molar refractivity (Wildman–Crippen MR) is 57.7 cm³/mol. The minimum absolute atomic E-state index is 0.433. The van der Waals surface area contributed by atoms with Gasteiger partial charge in [0.15, 0.2) is 0 Å². The summed E-state index contributed by atoms with van der Waals surface area (Å²) in [5.41, 5.74) is 5.94. The fourth-order valence-electron chi connectivity index (χ4n) is 2.17. The molecule has 1 fully saturated rings. The lowest BCUT2D eigenvalue weighted by Gasteiger charge is -2.33. The van der Waals surface area contributed by atoms with Gasteiger partial charge >= 0.3 is 0 Å². The van der Waals surface area contributed by atoms with Crippen molar-refractivity contribution in [2.45, 2.75) is 45.6 Å². The van der Waals surface area contributed by atoms with E-state index in [4.69, 9.17) is 5.73 Å². The van der Waals surface area contributed by atoms with Gasteiger partial charge in [-0.1, -0.05) is 26.7 Å². The van der Waals surface area contributed by atoms with Crippen LogP contribution in [0, 0.1) is 5.92 Å². The van der Waals surface area contributed by atoms with Crippen LogP contribution >= 0.6 is 0 Å². The number of nitrogens with zero attached hydrogens (tertiary/aromatic N) is 1. The van der Waals surface area contributed by atoms with Gasteiger partial charge in [-0.25, -0.2) is 0 Å². The van der Waals surface area contributed by atoms with E-state index in [0.717, 1.165) is 12.5 Å². The largest absolute Gasteiger partial charge is 0.327 e. The zero-order valence-electron chi connectivity index (χ0n) is 9.13. The molecule has 2 nitrogen and oxygen atoms in total. The monoisotopic (exact) mass is 184 g/mol. The molecule has 2 N–H and O–H groups in total. The van der Waals surface area contributed by atoms with Crippen LogP contribution in [0.2, 0.25) is 0 Å². The van der Waals surface area contributed by atoms with E-state index in [1.165, 1.54) is 38.8 Å². The number of hydrogen-bond donors (Lipinski definition) is 1. The van der Waals surface area contributed by atoms with E-state index in [9.17, 15) is 0 Å². The molecule has 0 bridgehead atoms. The quantitative estimate of drug-likeness (QED) is 0.722. The van der Waals surface area contributed by atoms with E-state index in [1.54, 1.807) is 0 Å². The van der Waals surface area contributed by atoms with Gasteiger partial charge in [0.25, 0.3) is 0 Å². The van der Waals surface area contributed by atoms with E-state index in [0.29, 0.717) is 6.04 Å². The Labute approximate surface area is 82.5 Å². The van der Waals surface area contributed by atoms with Crippen LogP contribution in [0.3, 0.4) is 0 Å². The van der Waals surface area contributed by atoms with Crippen LogP contribution in [-0.4, -0.2) is 30.6 Å². The third-order valence-electron chi connectivity index (χ3n) is 3.21. The SMILES string of the molecule is CCC(CC)CN1CCC[C@@H](N)C1. The Kier molecular flexibility index (Phi) is 4.74. The van der Waals surface area contributed by atoms with Crippen molar-refractivity contribution >= 4 is 0 Å². The van der Waals surface area contributed by atoms with Crippen LogP contribution in [0.5, 0.6) is 0 Å². The van der Waals surface area contributed by atoms with Crippen molar-refractivity contribution in [2.75, 3.05) is 19.6 Å². The first-order valence-corrected chi connectivity index (χ1v) is 5.74. The molecule has 1 atom stereocenters. The maximum Gasteiger partial charge on any atom is 0.0168 e. The highest BCUT2D eigenvalue weighted by Gasteiger charge is 2.18. The van der Waals surface area contributed by atoms with Gasteiger partial charge in [-0.05, 0) is 25.3 Å². The summed E-state index contributed by atoms with van der Waals surface area (Å²) in [5.74, 6) is 0.880. The normalized spacial score (nSPS) is 25.4. The molecule has 1 heterocycles. The highest BCUT2D eigenvalue weighted by Crippen LogP contribution is 2.14. The van der Waals surface area contributed by atoms with Crippen molar-refractivity contribution in [3.05, 3.63) is 0 Å². The average molecular weight is 184 g/mol. The van der Waals surface area contributed by atoms with E-state index in [1.807, 2.05) is 0 Å². The van der Waals surface area contributed by atoms with Crippen LogP contribution < -0.4 is 5.73 Å². The molecule has 0 aromatic heterocycles. The highest BCUT2D eigenvalue weighted by molar-refractivity contribution is 4.76. The first kappa shape index (κ1) is 11.0. The molecule has 1 saturated heterocycles. The molecule has 0 unspecified atom stereocenters. The Morgan fingerprint density at radius 3 is 2.62 bits per heavy atom. The van der Waals surface area contributed by atoms with Crippen LogP contribution in [0.4, 0.5) is 0 Å². The second kappa shape index (κ2) is 5.61. The maximum absolute atomic E-state index is 5.94. The molecule has 0 aromatic carbocycles. The van der Waals surface area contributed by atoms with Crippen LogP contribution in [0.15, 0.2) is 0 Å². The molecular weight excluding hydrogens is 160 g/mol. The van der Waals surface area contributed by atoms with Gasteiger partial charge in [0.2, 0.25) is 0 Å². The molecule has 0 aliphatic carbocycles. The fraction of sp³-hybridized carbons (Fsp3) is 1.00. The third kappa shape index (κ3) is 3.65. The zero-order chi connectivity index (χ0) is 9.68. The highest BCUT2D eigenvalue weighted by atomic mass is 15.1. The molecule has 1 aliphatic heterocycles. The van der Waals surface area contributed by atoms with Crippen LogP contribution in [0.1, 0.15) is 39.5 Å². The Hall–Kier alpha value is -0.0800. The first-order valence-electron chi connectivity index (χ1n) is 5.74. The topological polar surface area (TPSA) is 29.3 Å². The van der Waals surface area contributed by atoms with Gasteiger partial charge in [0.1, 0.15) is 0 Å². The Balaban J connectivity index is 2.26. The molecule has 1 aliphatic rings. The van der Waals surface area contributed by atoms with Crippen molar-refractivity contribution in [3.63, 3.8) is 0 Å². The summed E-state index contributed by atoms with van der Waals surface area (Å²) in [6.45, 7) is 8.23. The maximum atomic E-state index is 5.94. The van der Waals surface area contributed by atoms with E-state index < -0.39 is 0 Å². The number of nitrogens with two attached hydrogens (primary N) is 1. The third-order valence-corrected chi connectivity index (χ3v) is 3.21. The molecule has 78 valence electrons. The molecule has 0 spiro atoms. The predicted octanol–water partition coefficient (Wildman–Crippen LogP) is 1.85. The lowest BCUT2D eigenvalue weighted by atomic mass is 10.00. The summed E-state index contributed by atoms with van der Waals surface area (Å²) < 4.78 is 0. The lowest BCUT2D eigenvalue weighted by molar-refractivity contribution is 0.176. The van der Waals surface area contributed by atoms with Crippen LogP contribution in [-0.2, 0) is 0 Å². The zero-order valence-corrected chi connectivity index (χ0v) is 9.13. The first-order chi connectivity index (χ1) is 6.26. The summed E-state index contributed by atoms with van der Waals surface area (Å²) >= 11 is 0. The van der Waals surface area contributed by atoms with Gasteiger partial charge < -0.3 is 10.6 Å². The van der Waals surface area contributed by atoms with E-state index in [2.05, 4.69) is 18.7 Å². The van der Waals surface area contributed by atoms with Crippen LogP contribution in [0.25, 0.3) is 0 Å². The van der Waals surface area contributed by atoms with Gasteiger partial charge in [-0.2, -0.15) is 0 Å². The fourth-order valence-corrected chi connectivity index (χ4v) is 2.17. The molecule has 0 radical (unpaired) electrons. The number of rotatable bonds is 4. The summed E-state index contributed by atoms with van der Waals surface area (Å²) in [6, 6.07) is 0.433. The van der Waals surface area contributed by atoms with E-state index >= 15 is 0 Å². The summed E-state index contributed by atoms with van der Waals surface area (Å²) in [5, 5.41) is 0. The molecule has 0 amide bonds. The second-order valence-electron chi connectivity index (χ2n) is 4.34. The molecule has 1 rings (SSSR count). The summed E-state index contributed by atoms with van der Waals surface area (Å²) in [6.07, 6.45) is 5.13. The molecule has 0 aromatic rings. The van der Waals surface area contributed by atoms with Crippen molar-refractivity contribution in [1.29, 1.82) is 0 Å². The van der Waals surface area contributed by atoms with Crippen molar-refractivity contribution < 1.29 is 0 Å². The number of likely N-dealkylation sites (tertiary alicyclic amines) is 1. The minimum atomic E-state index is 0.433. The summed E-state index contributed by atoms with van der Waals surface area (Å²) in [7, 11) is 0. The smallest absolute Gasteiger partial charge is 0.0168 e. The van der Waals surface area contributed by atoms with Crippen molar-refractivity contribution in [1.82, 2.24) is 4.90 Å². The Bertz CT molecular complexity index is 132. The second-order valence-corrected chi connectivity index (χ2v) is 4.34. The summed E-state index contributed by atoms with van der Waals surface area (Å²) in [4.78, 5) is 2.55. The van der Waals surface area contributed by atoms with E-state index in [-0.39, 0.29) is 0 Å². The minimum Gasteiger partial charge on any atom is -0.327 e. The Morgan fingerprint density at radius 2 is 2.08 bits per heavy atom. The van der Waals surface area contributed by atoms with Crippen molar-refractivity contribution in [2.24, 2.45) is 11.7 Å².